The number of hydrogen-bond donors (Lipinski definition) is 1. The zero-order valence-corrected chi connectivity index (χ0v) is 10.8. The minimum absolute atomic E-state index is 0.759. The van der Waals surface area contributed by atoms with E-state index in [9.17, 15) is 0 Å². The molecule has 0 saturated carbocycles. The highest BCUT2D eigenvalue weighted by atomic mass is 32.2. The normalized spacial score (nSPS) is 9.33. The summed E-state index contributed by atoms with van der Waals surface area (Å²) >= 11 is 6.05. The molecule has 72 valence electrons. The van der Waals surface area contributed by atoms with Gasteiger partial charge in [0.05, 0.1) is 47.9 Å². The minimum atomic E-state index is 0.759. The average Bonchev–Trinajstić information content (AvgIpc) is 2.07. The highest BCUT2D eigenvalue weighted by Crippen LogP contribution is 2.11. The Kier molecular flexibility index (Phi) is 8.74. The molecule has 0 heterocycles. The lowest BCUT2D eigenvalue weighted by molar-refractivity contribution is -0.142. The third kappa shape index (κ3) is 4.64. The first-order chi connectivity index (χ1) is 5.79. The third-order valence-corrected chi connectivity index (χ3v) is 3.44. The van der Waals surface area contributed by atoms with Gasteiger partial charge in [0.15, 0.2) is 0 Å². The summed E-state index contributed by atoms with van der Waals surface area (Å²) in [5, 5.41) is 0. The molecule has 0 aliphatic carbocycles. The summed E-state index contributed by atoms with van der Waals surface area (Å²) in [4.78, 5) is 0. The molecule has 0 aliphatic rings. The lowest BCUT2D eigenvalue weighted by Gasteiger charge is -2.02. The first-order valence-corrected chi connectivity index (χ1v) is 7.78. The van der Waals surface area contributed by atoms with E-state index in [0.717, 1.165) is 6.02 Å². The quantitative estimate of drug-likeness (QED) is 0.268. The van der Waals surface area contributed by atoms with Crippen LogP contribution in [-0.4, -0.2) is 34.4 Å². The van der Waals surface area contributed by atoms with Crippen LogP contribution in [0.3, 0.4) is 0 Å². The van der Waals surface area contributed by atoms with Crippen molar-refractivity contribution in [3.05, 3.63) is 0 Å². The third-order valence-electron chi connectivity index (χ3n) is 0.849. The Bertz CT molecular complexity index is 138. The van der Waals surface area contributed by atoms with E-state index >= 15 is 0 Å². The van der Waals surface area contributed by atoms with Crippen LogP contribution in [0.1, 0.15) is 0 Å². The first kappa shape index (κ1) is 12.7. The van der Waals surface area contributed by atoms with Crippen molar-refractivity contribution in [2.45, 2.75) is 0 Å². The van der Waals surface area contributed by atoms with Gasteiger partial charge in [0.25, 0.3) is 0 Å². The van der Waals surface area contributed by atoms with Gasteiger partial charge in [-0.1, -0.05) is 3.39 Å². The molecule has 1 N–H and O–H groups in total. The Hall–Kier alpha value is 0.670. The molecule has 12 heavy (non-hydrogen) atoms. The van der Waals surface area contributed by atoms with E-state index in [1.165, 1.54) is 24.0 Å². The number of nitrogens with zero attached hydrogens (tertiary/aromatic N) is 1. The number of hydrogen-bond acceptors (Lipinski definition) is 5. The van der Waals surface area contributed by atoms with Gasteiger partial charge in [-0.15, -0.1) is 0 Å². The van der Waals surface area contributed by atoms with Crippen molar-refractivity contribution < 1.29 is 7.57 Å². The molecule has 0 unspecified atom stereocenters. The number of rotatable bonds is 4. The fourth-order valence-electron chi connectivity index (χ4n) is 0.491. The molecule has 0 spiro atoms. The highest BCUT2D eigenvalue weighted by molar-refractivity contribution is 8.05. The van der Waals surface area contributed by atoms with Gasteiger partial charge < -0.3 is 4.18 Å². The highest BCUT2D eigenvalue weighted by Gasteiger charge is 2.14. The van der Waals surface area contributed by atoms with Gasteiger partial charge in [-0.2, -0.15) is 4.72 Å². The van der Waals surface area contributed by atoms with Crippen LogP contribution in [-0.2, 0) is 4.18 Å². The predicted octanol–water partition coefficient (Wildman–Crippen LogP) is 2.07. The summed E-state index contributed by atoms with van der Waals surface area (Å²) in [5.41, 5.74) is 0. The molecular formula is C5H13N2OS4+. The molecule has 0 bridgehead atoms. The number of nitrogens with one attached hydrogen (secondary N) is 1. The summed E-state index contributed by atoms with van der Waals surface area (Å²) in [7, 11) is 0. The molecule has 0 amide bonds. The second-order valence-electron chi connectivity index (χ2n) is 1.48. The topological polar surface area (TPSA) is 24.3 Å². The molecule has 0 aliphatic heterocycles. The molecule has 0 fully saturated rings. The Balaban J connectivity index is 4.27. The van der Waals surface area contributed by atoms with Crippen LogP contribution < -0.4 is 4.72 Å². The van der Waals surface area contributed by atoms with Gasteiger partial charge in [0.1, 0.15) is 0 Å². The van der Waals surface area contributed by atoms with Crippen molar-refractivity contribution in [3.63, 3.8) is 0 Å². The van der Waals surface area contributed by atoms with E-state index in [1.54, 1.807) is 23.9 Å². The lowest BCUT2D eigenvalue weighted by Crippen LogP contribution is -2.23. The fraction of sp³-hybridized carbons (Fsp3) is 0.800. The minimum Gasteiger partial charge on any atom is -0.355 e. The molecule has 3 nitrogen and oxygen atoms in total. The molecule has 7 heteroatoms. The van der Waals surface area contributed by atoms with Crippen molar-refractivity contribution in [2.24, 2.45) is 0 Å². The van der Waals surface area contributed by atoms with Crippen LogP contribution in [0.4, 0.5) is 0 Å². The Morgan fingerprint density at radius 2 is 1.75 bits per heavy atom. The Morgan fingerprint density at radius 3 is 2.08 bits per heavy atom. The zero-order chi connectivity index (χ0) is 9.40. The molecule has 0 atom stereocenters. The van der Waals surface area contributed by atoms with Crippen LogP contribution in [0.25, 0.3) is 0 Å². The fourth-order valence-corrected chi connectivity index (χ4v) is 2.43. The maximum absolute atomic E-state index is 5.31. The van der Waals surface area contributed by atoms with Crippen LogP contribution in [0.5, 0.6) is 0 Å². The van der Waals surface area contributed by atoms with Gasteiger partial charge in [-0.05, 0) is 0 Å². The molecule has 0 aromatic carbocycles. The van der Waals surface area contributed by atoms with Crippen molar-refractivity contribution in [3.8, 4) is 0 Å². The Morgan fingerprint density at radius 1 is 1.17 bits per heavy atom. The van der Waals surface area contributed by atoms with E-state index in [0.29, 0.717) is 0 Å². The standard InChI is InChI=1S/C5H12N2OS4/c1-9-6-5(8-12-4)7(10-2)11-3/h1-4H3/p+1. The van der Waals surface area contributed by atoms with E-state index in [4.69, 9.17) is 4.18 Å². The van der Waals surface area contributed by atoms with Gasteiger partial charge >= 0.3 is 6.02 Å². The maximum Gasteiger partial charge on any atom is 0.492 e. The van der Waals surface area contributed by atoms with E-state index in [-0.39, 0.29) is 0 Å². The van der Waals surface area contributed by atoms with E-state index < -0.39 is 0 Å². The van der Waals surface area contributed by atoms with Crippen LogP contribution in [0, 0.1) is 0 Å². The van der Waals surface area contributed by atoms with Crippen LogP contribution in [0.15, 0.2) is 0 Å². The van der Waals surface area contributed by atoms with Gasteiger partial charge in [0.2, 0.25) is 0 Å². The van der Waals surface area contributed by atoms with Crippen molar-refractivity contribution >= 4 is 53.9 Å². The van der Waals surface area contributed by atoms with Gasteiger partial charge in [-0.25, -0.2) is 0 Å². The lowest BCUT2D eigenvalue weighted by atomic mass is 11.2. The summed E-state index contributed by atoms with van der Waals surface area (Å²) in [6, 6.07) is 0.759. The van der Waals surface area contributed by atoms with Crippen LogP contribution in [0.2, 0.25) is 0 Å². The summed E-state index contributed by atoms with van der Waals surface area (Å²) < 4.78 is 10.3. The zero-order valence-electron chi connectivity index (χ0n) is 7.49. The summed E-state index contributed by atoms with van der Waals surface area (Å²) in [6.45, 7) is 0. The molecule has 0 saturated heterocycles. The van der Waals surface area contributed by atoms with Gasteiger partial charge in [0, 0.05) is 25.0 Å². The van der Waals surface area contributed by atoms with Gasteiger partial charge in [-0.3, -0.25) is 0 Å². The van der Waals surface area contributed by atoms with Crippen molar-refractivity contribution in [2.75, 3.05) is 25.0 Å². The van der Waals surface area contributed by atoms with Crippen molar-refractivity contribution in [1.29, 1.82) is 0 Å². The number of amidine groups is 1. The summed E-state index contributed by atoms with van der Waals surface area (Å²) in [5.74, 6) is 0. The van der Waals surface area contributed by atoms with Crippen LogP contribution >= 0.6 is 47.9 Å². The molecule has 0 radical (unpaired) electrons. The second-order valence-corrected chi connectivity index (χ2v) is 4.29. The molecular weight excluding hydrogens is 232 g/mol. The average molecular weight is 245 g/mol. The SMILES string of the molecule is CSNC(OSC)=[N+](SC)SC. The molecule has 0 rings (SSSR count). The molecule has 0 aromatic heterocycles. The Labute approximate surface area is 91.1 Å². The largest absolute Gasteiger partial charge is 0.492 e. The van der Waals surface area contributed by atoms with E-state index in [2.05, 4.69) is 4.72 Å². The predicted molar refractivity (Wildman–Crippen MR) is 63.5 cm³/mol. The first-order valence-electron chi connectivity index (χ1n) is 3.05. The smallest absolute Gasteiger partial charge is 0.355 e. The monoisotopic (exact) mass is 245 g/mol. The molecule has 0 aromatic rings. The van der Waals surface area contributed by atoms with Crippen molar-refractivity contribution in [1.82, 2.24) is 4.72 Å². The van der Waals surface area contributed by atoms with E-state index in [1.807, 2.05) is 28.4 Å². The maximum atomic E-state index is 5.31. The summed E-state index contributed by atoms with van der Waals surface area (Å²) in [6.07, 6.45) is 7.85. The second kappa shape index (κ2) is 8.28.